The second kappa shape index (κ2) is 7.41. The molecule has 0 N–H and O–H groups in total. The molecule has 5 rings (SSSR count). The molecule has 0 saturated carbocycles. The first kappa shape index (κ1) is 16.9. The summed E-state index contributed by atoms with van der Waals surface area (Å²) in [6, 6.07) is 12.7. The van der Waals surface area contributed by atoms with Gasteiger partial charge in [0, 0.05) is 43.6 Å². The lowest BCUT2D eigenvalue weighted by atomic mass is 9.74. The van der Waals surface area contributed by atoms with Crippen LogP contribution in [0.15, 0.2) is 41.2 Å². The number of benzene rings is 1. The Morgan fingerprint density at radius 3 is 2.85 bits per heavy atom. The molecule has 1 aromatic heterocycles. The van der Waals surface area contributed by atoms with E-state index < -0.39 is 0 Å². The van der Waals surface area contributed by atoms with E-state index in [4.69, 9.17) is 0 Å². The lowest BCUT2D eigenvalue weighted by Crippen LogP contribution is -2.61. The Kier molecular flexibility index (Phi) is 4.82. The van der Waals surface area contributed by atoms with Gasteiger partial charge in [-0.05, 0) is 43.1 Å². The number of hydrogen-bond donors (Lipinski definition) is 0. The predicted octanol–water partition coefficient (Wildman–Crippen LogP) is 4.06. The Hall–Kier alpha value is -1.23. The number of thiazole rings is 1. The molecule has 2 aromatic rings. The molecule has 4 heteroatoms. The summed E-state index contributed by atoms with van der Waals surface area (Å²) in [6.07, 6.45) is 6.89. The highest BCUT2D eigenvalue weighted by molar-refractivity contribution is 7.07. The number of nitrogens with zero attached hydrogens (tertiary/aromatic N) is 3. The Morgan fingerprint density at radius 2 is 2.00 bits per heavy atom. The average molecular weight is 368 g/mol. The van der Waals surface area contributed by atoms with E-state index in [-0.39, 0.29) is 0 Å². The number of fused-ring (bicyclic) bond motifs is 4. The van der Waals surface area contributed by atoms with Crippen LogP contribution in [0.2, 0.25) is 0 Å². The summed E-state index contributed by atoms with van der Waals surface area (Å²) in [4.78, 5) is 10.1. The highest BCUT2D eigenvalue weighted by Gasteiger charge is 2.44. The maximum atomic E-state index is 4.51. The van der Waals surface area contributed by atoms with Gasteiger partial charge in [0.05, 0.1) is 11.2 Å². The number of hydrogen-bond acceptors (Lipinski definition) is 4. The van der Waals surface area contributed by atoms with Gasteiger partial charge >= 0.3 is 0 Å². The van der Waals surface area contributed by atoms with Gasteiger partial charge in [-0.3, -0.25) is 9.80 Å². The standard InChI is InChI=1S/C22H29N3S/c1-2-5-17(6-3-1)10-21-7-4-8-22-19-9-18(12-25(21)22)11-24(13-19)14-20-15-26-16-23-20/h1-3,5-6,15-16,18-19,21-22H,4,7-14H2/t18-,19+,21+,22-/m0/s1. The van der Waals surface area contributed by atoms with Crippen molar-refractivity contribution in [1.82, 2.24) is 14.8 Å². The van der Waals surface area contributed by atoms with Crippen LogP contribution in [-0.2, 0) is 13.0 Å². The molecule has 26 heavy (non-hydrogen) atoms. The molecule has 3 fully saturated rings. The fourth-order valence-corrected chi connectivity index (χ4v) is 6.34. The molecule has 0 spiro atoms. The largest absolute Gasteiger partial charge is 0.297 e. The first-order chi connectivity index (χ1) is 12.8. The van der Waals surface area contributed by atoms with Crippen molar-refractivity contribution < 1.29 is 0 Å². The molecule has 0 aliphatic carbocycles. The zero-order valence-electron chi connectivity index (χ0n) is 15.5. The third-order valence-corrected chi connectivity index (χ3v) is 7.41. The Balaban J connectivity index is 1.28. The summed E-state index contributed by atoms with van der Waals surface area (Å²) in [7, 11) is 0. The van der Waals surface area contributed by atoms with Gasteiger partial charge in [-0.1, -0.05) is 36.8 Å². The lowest BCUT2D eigenvalue weighted by Gasteiger charge is -2.55. The minimum atomic E-state index is 0.756. The normalized spacial score (nSPS) is 32.3. The topological polar surface area (TPSA) is 19.4 Å². The van der Waals surface area contributed by atoms with E-state index in [1.165, 1.54) is 63.0 Å². The summed E-state index contributed by atoms with van der Waals surface area (Å²) >= 11 is 1.72. The molecule has 4 heterocycles. The van der Waals surface area contributed by atoms with Crippen molar-refractivity contribution in [2.45, 2.75) is 50.7 Å². The summed E-state index contributed by atoms with van der Waals surface area (Å²) in [5, 5.41) is 2.22. The van der Waals surface area contributed by atoms with Crippen LogP contribution in [0.3, 0.4) is 0 Å². The molecule has 3 aliphatic heterocycles. The molecule has 3 nitrogen and oxygen atoms in total. The van der Waals surface area contributed by atoms with Gasteiger partial charge in [0.2, 0.25) is 0 Å². The zero-order chi connectivity index (χ0) is 17.3. The van der Waals surface area contributed by atoms with Gasteiger partial charge in [-0.2, -0.15) is 0 Å². The molecule has 0 amide bonds. The van der Waals surface area contributed by atoms with Crippen molar-refractivity contribution in [3.8, 4) is 0 Å². The number of rotatable bonds is 4. The van der Waals surface area contributed by atoms with Crippen molar-refractivity contribution >= 4 is 11.3 Å². The molecule has 1 aromatic carbocycles. The fraction of sp³-hybridized carbons (Fsp3) is 0.591. The molecule has 2 bridgehead atoms. The van der Waals surface area contributed by atoms with Gasteiger partial charge in [-0.15, -0.1) is 11.3 Å². The van der Waals surface area contributed by atoms with Crippen LogP contribution < -0.4 is 0 Å². The lowest BCUT2D eigenvalue weighted by molar-refractivity contribution is -0.0580. The van der Waals surface area contributed by atoms with Crippen LogP contribution in [-0.4, -0.2) is 46.5 Å². The Labute approximate surface area is 161 Å². The number of aromatic nitrogens is 1. The third kappa shape index (κ3) is 3.47. The second-order valence-corrected chi connectivity index (χ2v) is 9.29. The molecule has 138 valence electrons. The van der Waals surface area contributed by atoms with Crippen molar-refractivity contribution in [3.05, 3.63) is 52.5 Å². The highest BCUT2D eigenvalue weighted by atomic mass is 32.1. The molecule has 0 radical (unpaired) electrons. The van der Waals surface area contributed by atoms with Crippen LogP contribution in [0.1, 0.15) is 36.9 Å². The zero-order valence-corrected chi connectivity index (χ0v) is 16.3. The smallest absolute Gasteiger partial charge is 0.0795 e. The van der Waals surface area contributed by atoms with E-state index in [1.807, 2.05) is 5.51 Å². The average Bonchev–Trinajstić information content (AvgIpc) is 3.16. The Morgan fingerprint density at radius 1 is 1.08 bits per heavy atom. The summed E-state index contributed by atoms with van der Waals surface area (Å²) in [5.41, 5.74) is 4.74. The van der Waals surface area contributed by atoms with Crippen LogP contribution >= 0.6 is 11.3 Å². The van der Waals surface area contributed by atoms with Gasteiger partial charge in [0.1, 0.15) is 0 Å². The van der Waals surface area contributed by atoms with Gasteiger partial charge < -0.3 is 0 Å². The van der Waals surface area contributed by atoms with Crippen LogP contribution in [0, 0.1) is 11.8 Å². The molecule has 3 saturated heterocycles. The second-order valence-electron chi connectivity index (χ2n) is 8.57. The van der Waals surface area contributed by atoms with E-state index in [1.54, 1.807) is 11.3 Å². The van der Waals surface area contributed by atoms with Crippen LogP contribution in [0.25, 0.3) is 0 Å². The van der Waals surface area contributed by atoms with Crippen LogP contribution in [0.5, 0.6) is 0 Å². The quantitative estimate of drug-likeness (QED) is 0.812. The monoisotopic (exact) mass is 367 g/mol. The van der Waals surface area contributed by atoms with Gasteiger partial charge in [-0.25, -0.2) is 4.98 Å². The summed E-state index contributed by atoms with van der Waals surface area (Å²) in [6.45, 7) is 4.89. The molecule has 4 atom stereocenters. The minimum Gasteiger partial charge on any atom is -0.297 e. The maximum absolute atomic E-state index is 4.51. The fourth-order valence-electron chi connectivity index (χ4n) is 5.79. The minimum absolute atomic E-state index is 0.756. The maximum Gasteiger partial charge on any atom is 0.0795 e. The number of piperidine rings is 3. The van der Waals surface area contributed by atoms with Crippen molar-refractivity contribution in [1.29, 1.82) is 0 Å². The van der Waals surface area contributed by atoms with E-state index in [2.05, 4.69) is 50.5 Å². The van der Waals surface area contributed by atoms with Crippen LogP contribution in [0.4, 0.5) is 0 Å². The first-order valence-corrected chi connectivity index (χ1v) is 11.2. The van der Waals surface area contributed by atoms with E-state index in [0.717, 1.165) is 30.5 Å². The molecule has 3 aliphatic rings. The molecular weight excluding hydrogens is 338 g/mol. The predicted molar refractivity (Wildman–Crippen MR) is 107 cm³/mol. The van der Waals surface area contributed by atoms with Crippen molar-refractivity contribution in [2.24, 2.45) is 11.8 Å². The van der Waals surface area contributed by atoms with Gasteiger partial charge in [0.15, 0.2) is 0 Å². The Bertz CT molecular complexity index is 701. The van der Waals surface area contributed by atoms with Gasteiger partial charge in [0.25, 0.3) is 0 Å². The third-order valence-electron chi connectivity index (χ3n) is 6.77. The van der Waals surface area contributed by atoms with Crippen molar-refractivity contribution in [2.75, 3.05) is 19.6 Å². The first-order valence-electron chi connectivity index (χ1n) is 10.2. The summed E-state index contributed by atoms with van der Waals surface area (Å²) < 4.78 is 0. The summed E-state index contributed by atoms with van der Waals surface area (Å²) in [5.74, 6) is 1.71. The SMILES string of the molecule is c1ccc(C[C@H]2CCC[C@H]3[C@@H]4C[C@@H](CN(Cc5cscn5)C4)CN23)cc1. The van der Waals surface area contributed by atoms with E-state index in [9.17, 15) is 0 Å². The van der Waals surface area contributed by atoms with Crippen molar-refractivity contribution in [3.63, 3.8) is 0 Å². The van der Waals surface area contributed by atoms with E-state index >= 15 is 0 Å². The molecular formula is C22H29N3S. The highest BCUT2D eigenvalue weighted by Crippen LogP contribution is 2.40. The molecule has 0 unspecified atom stereocenters. The number of likely N-dealkylation sites (tertiary alicyclic amines) is 1. The van der Waals surface area contributed by atoms with E-state index in [0.29, 0.717) is 0 Å².